The molecule has 0 aliphatic carbocycles. The van der Waals surface area contributed by atoms with Crippen LogP contribution in [0.25, 0.3) is 0 Å². The van der Waals surface area contributed by atoms with E-state index in [4.69, 9.17) is 0 Å². The Bertz CT molecular complexity index is 727. The van der Waals surface area contributed by atoms with Gasteiger partial charge in [0.15, 0.2) is 0 Å². The Morgan fingerprint density at radius 3 is 2.35 bits per heavy atom. The van der Waals surface area contributed by atoms with E-state index in [-0.39, 0.29) is 5.91 Å². The van der Waals surface area contributed by atoms with Crippen LogP contribution in [-0.4, -0.2) is 37.0 Å². The molecule has 0 saturated carbocycles. The van der Waals surface area contributed by atoms with Crippen molar-refractivity contribution in [2.75, 3.05) is 31.1 Å². The minimum Gasteiger partial charge on any atom is -0.368 e. The van der Waals surface area contributed by atoms with Gasteiger partial charge in [-0.1, -0.05) is 12.1 Å². The zero-order chi connectivity index (χ0) is 16.6. The lowest BCUT2D eigenvalue weighted by Crippen LogP contribution is -2.49. The van der Waals surface area contributed by atoms with Crippen molar-refractivity contribution in [1.82, 2.24) is 4.90 Å². The minimum absolute atomic E-state index is 0.187. The lowest BCUT2D eigenvalue weighted by atomic mass is 10.1. The molecule has 1 aromatic carbocycles. The Labute approximate surface area is 142 Å². The van der Waals surface area contributed by atoms with Gasteiger partial charge in [0, 0.05) is 42.1 Å². The van der Waals surface area contributed by atoms with Crippen molar-refractivity contribution in [3.63, 3.8) is 0 Å². The van der Waals surface area contributed by atoms with Crippen molar-refractivity contribution in [2.45, 2.75) is 27.7 Å². The number of hydrogen-bond donors (Lipinski definition) is 0. The molecule has 0 atom stereocenters. The molecule has 0 N–H and O–H groups in total. The Balaban J connectivity index is 1.70. The Morgan fingerprint density at radius 1 is 1.04 bits per heavy atom. The molecule has 3 rings (SSSR count). The first-order valence-corrected chi connectivity index (χ1v) is 9.01. The number of piperazine rings is 1. The summed E-state index contributed by atoms with van der Waals surface area (Å²) in [4.78, 5) is 18.3. The highest BCUT2D eigenvalue weighted by atomic mass is 32.1. The SMILES string of the molecule is Cc1ccc(C)c(N2CCN(C(=O)c3csc(C)c3C)CC2)c1. The van der Waals surface area contributed by atoms with Gasteiger partial charge in [0.2, 0.25) is 0 Å². The van der Waals surface area contributed by atoms with Crippen LogP contribution < -0.4 is 4.90 Å². The van der Waals surface area contributed by atoms with E-state index in [0.717, 1.165) is 37.3 Å². The molecule has 0 spiro atoms. The Morgan fingerprint density at radius 2 is 1.74 bits per heavy atom. The molecule has 2 aromatic rings. The third-order valence-corrected chi connectivity index (χ3v) is 5.80. The molecule has 1 saturated heterocycles. The zero-order valence-electron chi connectivity index (χ0n) is 14.3. The minimum atomic E-state index is 0.187. The molecular formula is C19H24N2OS. The number of aryl methyl sites for hydroxylation is 3. The van der Waals surface area contributed by atoms with Gasteiger partial charge in [-0.15, -0.1) is 11.3 Å². The first-order chi connectivity index (χ1) is 11.0. The number of carbonyl (C=O) groups is 1. The van der Waals surface area contributed by atoms with E-state index in [9.17, 15) is 4.79 Å². The highest BCUT2D eigenvalue weighted by Gasteiger charge is 2.24. The van der Waals surface area contributed by atoms with Crippen molar-refractivity contribution in [2.24, 2.45) is 0 Å². The summed E-state index contributed by atoms with van der Waals surface area (Å²) in [5, 5.41) is 2.00. The number of nitrogens with zero attached hydrogens (tertiary/aromatic N) is 2. The molecule has 4 heteroatoms. The maximum absolute atomic E-state index is 12.7. The summed E-state index contributed by atoms with van der Waals surface area (Å²) in [5.41, 5.74) is 5.91. The van der Waals surface area contributed by atoms with E-state index in [0.29, 0.717) is 0 Å². The van der Waals surface area contributed by atoms with Crippen molar-refractivity contribution < 1.29 is 4.79 Å². The highest BCUT2D eigenvalue weighted by molar-refractivity contribution is 7.10. The number of thiophene rings is 1. The maximum Gasteiger partial charge on any atom is 0.255 e. The number of carbonyl (C=O) groups excluding carboxylic acids is 1. The average Bonchev–Trinajstić information content (AvgIpc) is 2.89. The van der Waals surface area contributed by atoms with Gasteiger partial charge in [-0.05, 0) is 50.5 Å². The normalized spacial score (nSPS) is 15.1. The van der Waals surface area contributed by atoms with Crippen LogP contribution in [0.2, 0.25) is 0 Å². The first kappa shape index (κ1) is 16.1. The van der Waals surface area contributed by atoms with Crippen molar-refractivity contribution in [3.05, 3.63) is 50.7 Å². The predicted molar refractivity (Wildman–Crippen MR) is 97.8 cm³/mol. The van der Waals surface area contributed by atoms with Crippen LogP contribution in [0.4, 0.5) is 5.69 Å². The van der Waals surface area contributed by atoms with Gasteiger partial charge in [-0.3, -0.25) is 4.79 Å². The topological polar surface area (TPSA) is 23.6 Å². The van der Waals surface area contributed by atoms with Gasteiger partial charge in [0.1, 0.15) is 0 Å². The zero-order valence-corrected chi connectivity index (χ0v) is 15.2. The maximum atomic E-state index is 12.7. The molecule has 122 valence electrons. The number of hydrogen-bond acceptors (Lipinski definition) is 3. The van der Waals surface area contributed by atoms with Crippen LogP contribution in [0.1, 0.15) is 31.9 Å². The fourth-order valence-electron chi connectivity index (χ4n) is 3.11. The van der Waals surface area contributed by atoms with Crippen LogP contribution in [0.3, 0.4) is 0 Å². The standard InChI is InChI=1S/C19H24N2OS/c1-13-5-6-14(2)18(11-13)20-7-9-21(10-8-20)19(22)17-12-23-16(4)15(17)3/h5-6,11-12H,7-10H2,1-4H3. The summed E-state index contributed by atoms with van der Waals surface area (Å²) >= 11 is 1.67. The van der Waals surface area contributed by atoms with E-state index in [1.54, 1.807) is 11.3 Å². The molecule has 1 fully saturated rings. The molecule has 1 aliphatic heterocycles. The van der Waals surface area contributed by atoms with E-state index < -0.39 is 0 Å². The first-order valence-electron chi connectivity index (χ1n) is 8.13. The van der Waals surface area contributed by atoms with E-state index in [1.807, 2.05) is 17.2 Å². The fourth-order valence-corrected chi connectivity index (χ4v) is 3.96. The molecule has 0 bridgehead atoms. The number of anilines is 1. The molecule has 1 aliphatic rings. The molecule has 3 nitrogen and oxygen atoms in total. The predicted octanol–water partition coefficient (Wildman–Crippen LogP) is 3.94. The third-order valence-electron chi connectivity index (χ3n) is 4.79. The van der Waals surface area contributed by atoms with Gasteiger partial charge in [0.05, 0.1) is 5.56 Å². The van der Waals surface area contributed by atoms with E-state index in [2.05, 4.69) is 43.9 Å². The van der Waals surface area contributed by atoms with E-state index in [1.165, 1.54) is 21.7 Å². The molecule has 1 aromatic heterocycles. The second kappa shape index (κ2) is 6.36. The van der Waals surface area contributed by atoms with Crippen molar-refractivity contribution in [1.29, 1.82) is 0 Å². The highest BCUT2D eigenvalue weighted by Crippen LogP contribution is 2.25. The van der Waals surface area contributed by atoms with Crippen LogP contribution in [0.5, 0.6) is 0 Å². The van der Waals surface area contributed by atoms with Crippen LogP contribution in [0.15, 0.2) is 23.6 Å². The number of rotatable bonds is 2. The van der Waals surface area contributed by atoms with Crippen LogP contribution in [-0.2, 0) is 0 Å². The summed E-state index contributed by atoms with van der Waals surface area (Å²) in [7, 11) is 0. The summed E-state index contributed by atoms with van der Waals surface area (Å²) in [6.07, 6.45) is 0. The average molecular weight is 328 g/mol. The Hall–Kier alpha value is -1.81. The molecule has 2 heterocycles. The second-order valence-electron chi connectivity index (χ2n) is 6.40. The Kier molecular flexibility index (Phi) is 4.44. The number of benzene rings is 1. The van der Waals surface area contributed by atoms with Crippen molar-refractivity contribution in [3.8, 4) is 0 Å². The lowest BCUT2D eigenvalue weighted by molar-refractivity contribution is 0.0746. The van der Waals surface area contributed by atoms with Crippen molar-refractivity contribution >= 4 is 22.9 Å². The quantitative estimate of drug-likeness (QED) is 0.833. The molecule has 0 unspecified atom stereocenters. The van der Waals surface area contributed by atoms with Crippen LogP contribution >= 0.6 is 11.3 Å². The van der Waals surface area contributed by atoms with E-state index >= 15 is 0 Å². The summed E-state index contributed by atoms with van der Waals surface area (Å²) < 4.78 is 0. The van der Waals surface area contributed by atoms with Gasteiger partial charge in [-0.25, -0.2) is 0 Å². The van der Waals surface area contributed by atoms with Crippen LogP contribution in [0, 0.1) is 27.7 Å². The second-order valence-corrected chi connectivity index (χ2v) is 7.48. The van der Waals surface area contributed by atoms with Gasteiger partial charge >= 0.3 is 0 Å². The molecular weight excluding hydrogens is 304 g/mol. The molecule has 23 heavy (non-hydrogen) atoms. The lowest BCUT2D eigenvalue weighted by Gasteiger charge is -2.37. The monoisotopic (exact) mass is 328 g/mol. The fraction of sp³-hybridized carbons (Fsp3) is 0.421. The molecule has 0 radical (unpaired) electrons. The summed E-state index contributed by atoms with van der Waals surface area (Å²) in [5.74, 6) is 0.187. The molecule has 1 amide bonds. The van der Waals surface area contributed by atoms with Gasteiger partial charge in [-0.2, -0.15) is 0 Å². The van der Waals surface area contributed by atoms with Gasteiger partial charge in [0.25, 0.3) is 5.91 Å². The third kappa shape index (κ3) is 3.13. The summed E-state index contributed by atoms with van der Waals surface area (Å²) in [6.45, 7) is 11.8. The largest absolute Gasteiger partial charge is 0.368 e. The summed E-state index contributed by atoms with van der Waals surface area (Å²) in [6, 6.07) is 6.58. The number of amides is 1. The van der Waals surface area contributed by atoms with Gasteiger partial charge < -0.3 is 9.80 Å². The smallest absolute Gasteiger partial charge is 0.255 e.